The van der Waals surface area contributed by atoms with Crippen LogP contribution in [-0.4, -0.2) is 39.0 Å². The van der Waals surface area contributed by atoms with Crippen LogP contribution in [0.3, 0.4) is 0 Å². The van der Waals surface area contributed by atoms with Crippen molar-refractivity contribution in [3.05, 3.63) is 58.3 Å². The molecule has 30 heavy (non-hydrogen) atoms. The maximum Gasteiger partial charge on any atom is 0.226 e. The summed E-state index contributed by atoms with van der Waals surface area (Å²) < 4.78 is 1.72. The fourth-order valence-corrected chi connectivity index (χ4v) is 4.53. The van der Waals surface area contributed by atoms with E-state index in [1.165, 1.54) is 24.0 Å². The average Bonchev–Trinajstić information content (AvgIpc) is 3.38. The molecular weight excluding hydrogens is 376 g/mol. The Kier molecular flexibility index (Phi) is 4.53. The number of carbonyl (C=O) groups excluding carboxylic acids is 1. The van der Waals surface area contributed by atoms with Gasteiger partial charge in [0.05, 0.1) is 5.69 Å². The number of benzene rings is 1. The molecule has 7 nitrogen and oxygen atoms in total. The number of nitrogens with one attached hydrogen (secondary N) is 1. The SMILES string of the molecule is Cc1ccc(C2CC(=O)Nc3c2c(C)nn3-c2ccc(N3CCCC3)nn2)cc1C. The number of amides is 1. The average molecular weight is 403 g/mol. The first-order chi connectivity index (χ1) is 14.5. The smallest absolute Gasteiger partial charge is 0.226 e. The van der Waals surface area contributed by atoms with Gasteiger partial charge in [-0.1, -0.05) is 18.2 Å². The second kappa shape index (κ2) is 7.23. The summed E-state index contributed by atoms with van der Waals surface area (Å²) in [4.78, 5) is 14.8. The molecule has 1 saturated heterocycles. The van der Waals surface area contributed by atoms with Gasteiger partial charge in [0, 0.05) is 31.0 Å². The zero-order chi connectivity index (χ0) is 20.8. The molecule has 4 heterocycles. The fraction of sp³-hybridized carbons (Fsp3) is 0.391. The molecule has 0 aliphatic carbocycles. The first kappa shape index (κ1) is 18.8. The van der Waals surface area contributed by atoms with Gasteiger partial charge < -0.3 is 10.2 Å². The van der Waals surface area contributed by atoms with Crippen molar-refractivity contribution in [3.63, 3.8) is 0 Å². The predicted molar refractivity (Wildman–Crippen MR) is 116 cm³/mol. The van der Waals surface area contributed by atoms with Crippen LogP contribution >= 0.6 is 0 Å². The molecule has 1 amide bonds. The maximum absolute atomic E-state index is 12.6. The molecule has 0 saturated carbocycles. The van der Waals surface area contributed by atoms with E-state index in [0.29, 0.717) is 18.1 Å². The van der Waals surface area contributed by atoms with Crippen LogP contribution in [-0.2, 0) is 4.79 Å². The minimum atomic E-state index is -0.0152. The quantitative estimate of drug-likeness (QED) is 0.724. The first-order valence-corrected chi connectivity index (χ1v) is 10.6. The van der Waals surface area contributed by atoms with Crippen molar-refractivity contribution in [2.24, 2.45) is 0 Å². The van der Waals surface area contributed by atoms with E-state index in [4.69, 9.17) is 5.10 Å². The number of anilines is 2. The molecule has 5 rings (SSSR count). The molecule has 0 spiro atoms. The van der Waals surface area contributed by atoms with Crippen LogP contribution in [0.4, 0.5) is 11.6 Å². The van der Waals surface area contributed by atoms with Gasteiger partial charge in [-0.15, -0.1) is 10.2 Å². The van der Waals surface area contributed by atoms with E-state index >= 15 is 0 Å². The molecular formula is C23H26N6O. The van der Waals surface area contributed by atoms with Crippen molar-refractivity contribution < 1.29 is 4.79 Å². The van der Waals surface area contributed by atoms with E-state index in [2.05, 4.69) is 52.5 Å². The van der Waals surface area contributed by atoms with Crippen LogP contribution in [0.15, 0.2) is 30.3 Å². The Balaban J connectivity index is 1.55. The van der Waals surface area contributed by atoms with Gasteiger partial charge in [0.15, 0.2) is 11.6 Å². The number of aryl methyl sites for hydroxylation is 3. The van der Waals surface area contributed by atoms with Gasteiger partial charge in [0.2, 0.25) is 5.91 Å². The third kappa shape index (κ3) is 3.14. The molecule has 1 aromatic carbocycles. The summed E-state index contributed by atoms with van der Waals surface area (Å²) in [5.74, 6) is 2.19. The largest absolute Gasteiger partial charge is 0.355 e. The minimum Gasteiger partial charge on any atom is -0.355 e. The topological polar surface area (TPSA) is 75.9 Å². The van der Waals surface area contributed by atoms with Gasteiger partial charge in [-0.3, -0.25) is 4.79 Å². The number of nitrogens with zero attached hydrogens (tertiary/aromatic N) is 5. The molecule has 2 aliphatic heterocycles. The summed E-state index contributed by atoms with van der Waals surface area (Å²) in [7, 11) is 0. The third-order valence-electron chi connectivity index (χ3n) is 6.32. The lowest BCUT2D eigenvalue weighted by Crippen LogP contribution is -2.25. The number of fused-ring (bicyclic) bond motifs is 1. The van der Waals surface area contributed by atoms with Crippen LogP contribution < -0.4 is 10.2 Å². The highest BCUT2D eigenvalue weighted by Gasteiger charge is 2.33. The molecule has 1 unspecified atom stereocenters. The van der Waals surface area contributed by atoms with Crippen molar-refractivity contribution in [2.75, 3.05) is 23.3 Å². The van der Waals surface area contributed by atoms with Crippen molar-refractivity contribution in [2.45, 2.75) is 46.0 Å². The highest BCUT2D eigenvalue weighted by Crippen LogP contribution is 2.40. The lowest BCUT2D eigenvalue weighted by molar-refractivity contribution is -0.116. The van der Waals surface area contributed by atoms with Crippen LogP contribution in [0.25, 0.3) is 5.82 Å². The standard InChI is InChI=1S/C23H26N6O/c1-14-6-7-17(12-15(14)2)18-13-21(30)24-23-22(18)16(3)27-29(23)20-9-8-19(25-26-20)28-10-4-5-11-28/h6-9,12,18H,4-5,10-11,13H2,1-3H3,(H,24,30). The summed E-state index contributed by atoms with van der Waals surface area (Å²) in [6, 6.07) is 10.3. The van der Waals surface area contributed by atoms with Gasteiger partial charge in [-0.25, -0.2) is 0 Å². The summed E-state index contributed by atoms with van der Waals surface area (Å²) in [5, 5.41) is 16.6. The van der Waals surface area contributed by atoms with E-state index in [9.17, 15) is 4.79 Å². The van der Waals surface area contributed by atoms with E-state index in [0.717, 1.165) is 35.7 Å². The second-order valence-corrected chi connectivity index (χ2v) is 8.35. The zero-order valence-corrected chi connectivity index (χ0v) is 17.6. The molecule has 1 atom stereocenters. The highest BCUT2D eigenvalue weighted by molar-refractivity contribution is 5.95. The van der Waals surface area contributed by atoms with Gasteiger partial charge in [-0.05, 0) is 62.4 Å². The molecule has 0 bridgehead atoms. The molecule has 1 N–H and O–H groups in total. The molecule has 0 radical (unpaired) electrons. The van der Waals surface area contributed by atoms with Crippen molar-refractivity contribution in [3.8, 4) is 5.82 Å². The Morgan fingerprint density at radius 2 is 1.70 bits per heavy atom. The van der Waals surface area contributed by atoms with Gasteiger partial charge in [0.1, 0.15) is 5.82 Å². The predicted octanol–water partition coefficient (Wildman–Crippen LogP) is 3.66. The fourth-order valence-electron chi connectivity index (χ4n) is 4.53. The van der Waals surface area contributed by atoms with E-state index in [-0.39, 0.29) is 11.8 Å². The maximum atomic E-state index is 12.6. The van der Waals surface area contributed by atoms with E-state index in [1.807, 2.05) is 19.1 Å². The van der Waals surface area contributed by atoms with Gasteiger partial charge in [0.25, 0.3) is 0 Å². The molecule has 2 aliphatic rings. The summed E-state index contributed by atoms with van der Waals surface area (Å²) in [5.41, 5.74) is 5.59. The number of rotatable bonds is 3. The zero-order valence-electron chi connectivity index (χ0n) is 17.6. The van der Waals surface area contributed by atoms with E-state index in [1.54, 1.807) is 4.68 Å². The normalized spacial score (nSPS) is 18.4. The van der Waals surface area contributed by atoms with E-state index < -0.39 is 0 Å². The Bertz CT molecular complexity index is 1110. The number of carbonyl (C=O) groups is 1. The molecule has 7 heteroatoms. The van der Waals surface area contributed by atoms with Crippen LogP contribution in [0.2, 0.25) is 0 Å². The molecule has 2 aromatic heterocycles. The second-order valence-electron chi connectivity index (χ2n) is 8.35. The first-order valence-electron chi connectivity index (χ1n) is 10.6. The lowest BCUT2D eigenvalue weighted by Gasteiger charge is -2.25. The summed E-state index contributed by atoms with van der Waals surface area (Å²) in [6.07, 6.45) is 2.81. The van der Waals surface area contributed by atoms with Gasteiger partial charge in [-0.2, -0.15) is 9.78 Å². The van der Waals surface area contributed by atoms with Gasteiger partial charge >= 0.3 is 0 Å². The van der Waals surface area contributed by atoms with Crippen LogP contribution in [0.5, 0.6) is 0 Å². The van der Waals surface area contributed by atoms with Crippen LogP contribution in [0, 0.1) is 20.8 Å². The summed E-state index contributed by atoms with van der Waals surface area (Å²) in [6.45, 7) is 8.26. The third-order valence-corrected chi connectivity index (χ3v) is 6.32. The molecule has 154 valence electrons. The monoisotopic (exact) mass is 402 g/mol. The molecule has 3 aromatic rings. The number of hydrogen-bond donors (Lipinski definition) is 1. The molecule has 1 fully saturated rings. The van der Waals surface area contributed by atoms with Crippen molar-refractivity contribution in [1.29, 1.82) is 0 Å². The van der Waals surface area contributed by atoms with Crippen LogP contribution in [0.1, 0.15) is 53.1 Å². The Morgan fingerprint density at radius 3 is 2.40 bits per heavy atom. The highest BCUT2D eigenvalue weighted by atomic mass is 16.1. The Hall–Kier alpha value is -3.22. The van der Waals surface area contributed by atoms with Crippen molar-refractivity contribution >= 4 is 17.5 Å². The lowest BCUT2D eigenvalue weighted by atomic mass is 9.84. The Labute approximate surface area is 176 Å². The number of hydrogen-bond acceptors (Lipinski definition) is 5. The number of aromatic nitrogens is 4. The Morgan fingerprint density at radius 1 is 0.967 bits per heavy atom. The summed E-state index contributed by atoms with van der Waals surface area (Å²) >= 11 is 0. The minimum absolute atomic E-state index is 0.00600. The van der Waals surface area contributed by atoms with Crippen molar-refractivity contribution in [1.82, 2.24) is 20.0 Å².